The number of fused-ring (bicyclic) bond motifs is 1. The minimum absolute atomic E-state index is 0.0331. The van der Waals surface area contributed by atoms with E-state index in [1.54, 1.807) is 24.1 Å². The molecular formula is C20H20F2N2OS. The first-order valence-corrected chi connectivity index (χ1v) is 9.76. The Bertz CT molecular complexity index is 795. The van der Waals surface area contributed by atoms with E-state index in [4.69, 9.17) is 4.74 Å². The Hall–Kier alpha value is -2.08. The van der Waals surface area contributed by atoms with Gasteiger partial charge in [0.1, 0.15) is 17.3 Å². The molecule has 3 nitrogen and oxygen atoms in total. The van der Waals surface area contributed by atoms with E-state index in [9.17, 15) is 8.78 Å². The second kappa shape index (κ2) is 7.66. The molecule has 6 heteroatoms. The lowest BCUT2D eigenvalue weighted by Crippen LogP contribution is -2.42. The summed E-state index contributed by atoms with van der Waals surface area (Å²) in [4.78, 5) is 2.39. The molecule has 0 aromatic heterocycles. The molecule has 0 saturated carbocycles. The summed E-state index contributed by atoms with van der Waals surface area (Å²) in [6.07, 6.45) is -0.219. The standard InChI is InChI=1S/C20H20F2N2OS/c21-19(22)15-3-1-4-17(13-15)25-16-8-6-14(7-9-16)18-5-2-10-24-11-12-26-23-20(18)24/h1,3-4,6-9,13,18-19H,2,5,10-12H2. The van der Waals surface area contributed by atoms with Gasteiger partial charge in [-0.15, -0.1) is 0 Å². The number of amidine groups is 1. The zero-order chi connectivity index (χ0) is 17.9. The Morgan fingerprint density at radius 2 is 1.92 bits per heavy atom. The van der Waals surface area contributed by atoms with Crippen molar-refractivity contribution in [1.29, 1.82) is 0 Å². The number of alkyl halides is 2. The number of halogens is 2. The first-order valence-electron chi connectivity index (χ1n) is 8.81. The van der Waals surface area contributed by atoms with Gasteiger partial charge in [-0.3, -0.25) is 0 Å². The van der Waals surface area contributed by atoms with Crippen molar-refractivity contribution < 1.29 is 13.5 Å². The third kappa shape index (κ3) is 3.70. The largest absolute Gasteiger partial charge is 0.457 e. The van der Waals surface area contributed by atoms with Crippen LogP contribution in [-0.4, -0.2) is 29.6 Å². The van der Waals surface area contributed by atoms with Crippen LogP contribution in [0.2, 0.25) is 0 Å². The molecule has 2 aliphatic rings. The lowest BCUT2D eigenvalue weighted by molar-refractivity contribution is 0.151. The molecular weight excluding hydrogens is 354 g/mol. The van der Waals surface area contributed by atoms with Gasteiger partial charge < -0.3 is 9.64 Å². The first-order chi connectivity index (χ1) is 12.7. The Morgan fingerprint density at radius 1 is 1.08 bits per heavy atom. The van der Waals surface area contributed by atoms with E-state index in [1.807, 2.05) is 12.1 Å². The van der Waals surface area contributed by atoms with Crippen LogP contribution in [0, 0.1) is 0 Å². The van der Waals surface area contributed by atoms with E-state index in [1.165, 1.54) is 30.0 Å². The molecule has 0 N–H and O–H groups in total. The predicted octanol–water partition coefficient (Wildman–Crippen LogP) is 5.66. The van der Waals surface area contributed by atoms with E-state index < -0.39 is 6.43 Å². The topological polar surface area (TPSA) is 24.8 Å². The number of ether oxygens (including phenoxy) is 1. The van der Waals surface area contributed by atoms with Crippen LogP contribution in [0.3, 0.4) is 0 Å². The van der Waals surface area contributed by atoms with Crippen LogP contribution in [0.15, 0.2) is 52.9 Å². The smallest absolute Gasteiger partial charge is 0.263 e. The van der Waals surface area contributed by atoms with Gasteiger partial charge in [-0.25, -0.2) is 13.2 Å². The Kier molecular flexibility index (Phi) is 5.11. The minimum Gasteiger partial charge on any atom is -0.457 e. The maximum absolute atomic E-state index is 12.8. The summed E-state index contributed by atoms with van der Waals surface area (Å²) in [7, 11) is 0. The van der Waals surface area contributed by atoms with Gasteiger partial charge in [0, 0.05) is 30.3 Å². The van der Waals surface area contributed by atoms with Crippen LogP contribution in [0.25, 0.3) is 0 Å². The normalized spacial score (nSPS) is 19.9. The fourth-order valence-corrected chi connectivity index (χ4v) is 4.26. The maximum atomic E-state index is 12.8. The number of piperidine rings is 1. The average molecular weight is 374 g/mol. The first kappa shape index (κ1) is 17.3. The lowest BCUT2D eigenvalue weighted by atomic mass is 9.89. The summed E-state index contributed by atoms with van der Waals surface area (Å²) in [5, 5.41) is 0. The van der Waals surface area contributed by atoms with Gasteiger partial charge in [-0.05, 0) is 54.6 Å². The van der Waals surface area contributed by atoms with E-state index in [0.717, 1.165) is 25.3 Å². The maximum Gasteiger partial charge on any atom is 0.263 e. The summed E-state index contributed by atoms with van der Waals surface area (Å²) >= 11 is 1.65. The molecule has 2 aromatic carbocycles. The molecule has 136 valence electrons. The Labute approximate surface area is 156 Å². The van der Waals surface area contributed by atoms with Crippen LogP contribution in [-0.2, 0) is 0 Å². The van der Waals surface area contributed by atoms with Crippen LogP contribution in [0.1, 0.15) is 36.3 Å². The van der Waals surface area contributed by atoms with Crippen LogP contribution >= 0.6 is 11.9 Å². The van der Waals surface area contributed by atoms with Crippen molar-refractivity contribution >= 4 is 17.8 Å². The van der Waals surface area contributed by atoms with Gasteiger partial charge in [-0.2, -0.15) is 0 Å². The molecule has 0 aliphatic carbocycles. The minimum atomic E-state index is -2.50. The van der Waals surface area contributed by atoms with Crippen molar-refractivity contribution in [2.75, 3.05) is 18.8 Å². The van der Waals surface area contributed by atoms with Gasteiger partial charge in [0.05, 0.1) is 0 Å². The van der Waals surface area contributed by atoms with E-state index in [0.29, 0.717) is 17.4 Å². The number of rotatable bonds is 4. The van der Waals surface area contributed by atoms with Crippen molar-refractivity contribution in [3.05, 3.63) is 59.7 Å². The predicted molar refractivity (Wildman–Crippen MR) is 101 cm³/mol. The molecule has 0 spiro atoms. The molecule has 1 saturated heterocycles. The fourth-order valence-electron chi connectivity index (χ4n) is 3.49. The van der Waals surface area contributed by atoms with Crippen LogP contribution in [0.4, 0.5) is 8.78 Å². The molecule has 1 unspecified atom stereocenters. The summed E-state index contributed by atoms with van der Waals surface area (Å²) < 4.78 is 36.0. The quantitative estimate of drug-likeness (QED) is 0.646. The highest BCUT2D eigenvalue weighted by atomic mass is 32.2. The summed E-state index contributed by atoms with van der Waals surface area (Å²) in [6.45, 7) is 2.17. The molecule has 0 amide bonds. The molecule has 0 radical (unpaired) electrons. The highest BCUT2D eigenvalue weighted by molar-refractivity contribution is 7.98. The molecule has 26 heavy (non-hydrogen) atoms. The molecule has 2 heterocycles. The summed E-state index contributed by atoms with van der Waals surface area (Å²) in [6, 6.07) is 14.0. The SMILES string of the molecule is FC(F)c1cccc(Oc2ccc(C3CCCN4CCSN=C34)cc2)c1. The highest BCUT2D eigenvalue weighted by Crippen LogP contribution is 2.34. The zero-order valence-corrected chi connectivity index (χ0v) is 15.1. The van der Waals surface area contributed by atoms with E-state index in [2.05, 4.69) is 21.4 Å². The highest BCUT2D eigenvalue weighted by Gasteiger charge is 2.29. The Morgan fingerprint density at radius 3 is 2.73 bits per heavy atom. The second-order valence-corrected chi connectivity index (χ2v) is 7.36. The lowest BCUT2D eigenvalue weighted by Gasteiger charge is -2.37. The van der Waals surface area contributed by atoms with Crippen molar-refractivity contribution in [1.82, 2.24) is 4.90 Å². The van der Waals surface area contributed by atoms with E-state index >= 15 is 0 Å². The van der Waals surface area contributed by atoms with E-state index in [-0.39, 0.29) is 5.56 Å². The van der Waals surface area contributed by atoms with Gasteiger partial charge in [0.15, 0.2) is 0 Å². The van der Waals surface area contributed by atoms with Crippen LogP contribution < -0.4 is 4.74 Å². The third-order valence-corrected chi connectivity index (χ3v) is 5.48. The number of hydrogen-bond acceptors (Lipinski definition) is 4. The monoisotopic (exact) mass is 374 g/mol. The van der Waals surface area contributed by atoms with Gasteiger partial charge in [0.2, 0.25) is 0 Å². The summed E-state index contributed by atoms with van der Waals surface area (Å²) in [5.41, 5.74) is 1.19. The van der Waals surface area contributed by atoms with Crippen molar-refractivity contribution in [3.8, 4) is 11.5 Å². The third-order valence-electron chi connectivity index (χ3n) is 4.80. The number of benzene rings is 2. The average Bonchev–Trinajstić information content (AvgIpc) is 2.68. The van der Waals surface area contributed by atoms with Crippen molar-refractivity contribution in [2.24, 2.45) is 4.40 Å². The zero-order valence-electron chi connectivity index (χ0n) is 14.3. The molecule has 4 rings (SSSR count). The van der Waals surface area contributed by atoms with Gasteiger partial charge >= 0.3 is 0 Å². The molecule has 1 atom stereocenters. The number of hydrogen-bond donors (Lipinski definition) is 0. The summed E-state index contributed by atoms with van der Waals surface area (Å²) in [5.74, 6) is 3.64. The number of nitrogens with zero attached hydrogens (tertiary/aromatic N) is 2. The molecule has 2 aromatic rings. The molecule has 0 bridgehead atoms. The Balaban J connectivity index is 1.50. The molecule has 1 fully saturated rings. The van der Waals surface area contributed by atoms with Crippen LogP contribution in [0.5, 0.6) is 11.5 Å². The van der Waals surface area contributed by atoms with Gasteiger partial charge in [-0.1, -0.05) is 24.3 Å². The van der Waals surface area contributed by atoms with Crippen molar-refractivity contribution in [3.63, 3.8) is 0 Å². The second-order valence-electron chi connectivity index (χ2n) is 6.51. The fraction of sp³-hybridized carbons (Fsp3) is 0.350. The molecule has 2 aliphatic heterocycles. The van der Waals surface area contributed by atoms with Crippen molar-refractivity contribution in [2.45, 2.75) is 25.2 Å². The van der Waals surface area contributed by atoms with Gasteiger partial charge in [0.25, 0.3) is 6.43 Å².